The predicted molar refractivity (Wildman–Crippen MR) is 125 cm³/mol. The second-order valence-corrected chi connectivity index (χ2v) is 8.45. The summed E-state index contributed by atoms with van der Waals surface area (Å²) in [7, 11) is 0. The van der Waals surface area contributed by atoms with Crippen molar-refractivity contribution >= 4 is 52.6 Å². The molecular weight excluding hydrogens is 477 g/mol. The highest BCUT2D eigenvalue weighted by atomic mass is 127. The molecule has 0 spiro atoms. The zero-order chi connectivity index (χ0) is 18.2. The largest absolute Gasteiger partial charge is 0.357 e. The van der Waals surface area contributed by atoms with Crippen LogP contribution in [0.4, 0.5) is 0 Å². The third kappa shape index (κ3) is 7.48. The lowest BCUT2D eigenvalue weighted by Crippen LogP contribution is -2.38. The van der Waals surface area contributed by atoms with Crippen molar-refractivity contribution in [2.24, 2.45) is 4.99 Å². The van der Waals surface area contributed by atoms with Gasteiger partial charge >= 0.3 is 0 Å². The molecule has 2 aromatic rings. The lowest BCUT2D eigenvalue weighted by Gasteiger charge is -2.10. The van der Waals surface area contributed by atoms with Crippen molar-refractivity contribution in [1.82, 2.24) is 20.6 Å². The quantitative estimate of drug-likeness (QED) is 0.318. The molecule has 8 heteroatoms. The van der Waals surface area contributed by atoms with Gasteiger partial charge in [0, 0.05) is 48.7 Å². The van der Waals surface area contributed by atoms with Gasteiger partial charge < -0.3 is 10.6 Å². The third-order valence-electron chi connectivity index (χ3n) is 3.75. The van der Waals surface area contributed by atoms with E-state index in [1.54, 1.807) is 22.7 Å². The van der Waals surface area contributed by atoms with E-state index in [-0.39, 0.29) is 24.0 Å². The number of hydrogen-bond acceptors (Lipinski definition) is 5. The molecule has 0 aliphatic carbocycles. The van der Waals surface area contributed by atoms with Gasteiger partial charge in [0.25, 0.3) is 0 Å². The zero-order valence-electron chi connectivity index (χ0n) is 16.3. The Kier molecular flexibility index (Phi) is 10.6. The van der Waals surface area contributed by atoms with Crippen molar-refractivity contribution in [3.63, 3.8) is 0 Å². The van der Waals surface area contributed by atoms with Crippen LogP contribution in [-0.4, -0.2) is 35.6 Å². The molecular formula is C18H30IN5S2. The highest BCUT2D eigenvalue weighted by molar-refractivity contribution is 14.0. The Balaban J connectivity index is 0.00000338. The van der Waals surface area contributed by atoms with Crippen LogP contribution >= 0.6 is 46.7 Å². The summed E-state index contributed by atoms with van der Waals surface area (Å²) >= 11 is 3.52. The summed E-state index contributed by atoms with van der Waals surface area (Å²) in [5.41, 5.74) is 2.30. The molecule has 0 saturated carbocycles. The minimum Gasteiger partial charge on any atom is -0.357 e. The average Bonchev–Trinajstić information content (AvgIpc) is 3.15. The molecule has 2 N–H and O–H groups in total. The van der Waals surface area contributed by atoms with E-state index in [0.717, 1.165) is 49.8 Å². The van der Waals surface area contributed by atoms with Gasteiger partial charge in [0.1, 0.15) is 0 Å². The van der Waals surface area contributed by atoms with Crippen molar-refractivity contribution in [3.8, 4) is 0 Å². The lowest BCUT2D eigenvalue weighted by atomic mass is 10.2. The van der Waals surface area contributed by atoms with Crippen LogP contribution < -0.4 is 10.6 Å². The van der Waals surface area contributed by atoms with Gasteiger partial charge in [-0.1, -0.05) is 13.8 Å². The molecule has 0 unspecified atom stereocenters. The number of guanidine groups is 1. The Labute approximate surface area is 182 Å². The summed E-state index contributed by atoms with van der Waals surface area (Å²) < 4.78 is 0. The summed E-state index contributed by atoms with van der Waals surface area (Å²) in [5.74, 6) is 1.37. The van der Waals surface area contributed by atoms with Crippen LogP contribution in [0.3, 0.4) is 0 Å². The van der Waals surface area contributed by atoms with Crippen LogP contribution in [0, 0.1) is 13.8 Å². The molecule has 5 nitrogen and oxygen atoms in total. The zero-order valence-corrected chi connectivity index (χ0v) is 20.2. The van der Waals surface area contributed by atoms with Crippen molar-refractivity contribution < 1.29 is 0 Å². The first-order chi connectivity index (χ1) is 12.0. The number of rotatable bonds is 8. The van der Waals surface area contributed by atoms with Gasteiger partial charge in [-0.05, 0) is 20.8 Å². The van der Waals surface area contributed by atoms with E-state index >= 15 is 0 Å². The van der Waals surface area contributed by atoms with E-state index in [1.165, 1.54) is 14.9 Å². The van der Waals surface area contributed by atoms with Gasteiger partial charge in [-0.15, -0.1) is 46.7 Å². The van der Waals surface area contributed by atoms with E-state index in [0.29, 0.717) is 5.92 Å². The SMILES string of the molecule is CCNC(=NCCc1nc(C)c(C)s1)NCCc1csc(C(C)C)n1.I. The maximum Gasteiger partial charge on any atom is 0.191 e. The molecule has 0 atom stereocenters. The molecule has 0 aliphatic rings. The summed E-state index contributed by atoms with van der Waals surface area (Å²) in [4.78, 5) is 15.2. The first kappa shape index (κ1) is 23.3. The fourth-order valence-electron chi connectivity index (χ4n) is 2.26. The average molecular weight is 508 g/mol. The molecule has 146 valence electrons. The fraction of sp³-hybridized carbons (Fsp3) is 0.611. The number of thiazole rings is 2. The number of aryl methyl sites for hydroxylation is 2. The number of aromatic nitrogens is 2. The summed E-state index contributed by atoms with van der Waals surface area (Å²) in [6.45, 7) is 13.1. The molecule has 2 aromatic heterocycles. The normalized spacial score (nSPS) is 11.5. The summed E-state index contributed by atoms with van der Waals surface area (Å²) in [6, 6.07) is 0. The molecule has 0 bridgehead atoms. The van der Waals surface area contributed by atoms with E-state index in [1.807, 2.05) is 0 Å². The predicted octanol–water partition coefficient (Wildman–Crippen LogP) is 4.30. The number of hydrogen-bond donors (Lipinski definition) is 2. The summed E-state index contributed by atoms with van der Waals surface area (Å²) in [5, 5.41) is 11.2. The maximum absolute atomic E-state index is 4.68. The Morgan fingerprint density at radius 3 is 2.54 bits per heavy atom. The van der Waals surface area contributed by atoms with Crippen molar-refractivity contribution in [2.45, 2.75) is 53.4 Å². The molecule has 0 aliphatic heterocycles. The minimum absolute atomic E-state index is 0. The van der Waals surface area contributed by atoms with Crippen LogP contribution in [0.1, 0.15) is 53.0 Å². The van der Waals surface area contributed by atoms with E-state index in [2.05, 4.69) is 65.6 Å². The molecule has 26 heavy (non-hydrogen) atoms. The molecule has 2 heterocycles. The van der Waals surface area contributed by atoms with Gasteiger partial charge in [-0.2, -0.15) is 0 Å². The van der Waals surface area contributed by atoms with Crippen molar-refractivity contribution in [1.29, 1.82) is 0 Å². The monoisotopic (exact) mass is 507 g/mol. The van der Waals surface area contributed by atoms with Gasteiger partial charge in [0.05, 0.1) is 21.4 Å². The molecule has 2 rings (SSSR count). The molecule has 0 amide bonds. The van der Waals surface area contributed by atoms with Crippen LogP contribution in [0.2, 0.25) is 0 Å². The van der Waals surface area contributed by atoms with Crippen LogP contribution in [0.5, 0.6) is 0 Å². The van der Waals surface area contributed by atoms with Gasteiger partial charge in [0.2, 0.25) is 0 Å². The standard InChI is InChI=1S/C18H29N5S2.HI/c1-6-19-18(21-10-8-16-22-13(4)14(5)25-16)20-9-7-15-11-24-17(23-15)12(2)3;/h11-12H,6-10H2,1-5H3,(H2,19,20,21);1H. The smallest absolute Gasteiger partial charge is 0.191 e. The Morgan fingerprint density at radius 2 is 1.96 bits per heavy atom. The Hall–Kier alpha value is -0.740. The highest BCUT2D eigenvalue weighted by Crippen LogP contribution is 2.19. The van der Waals surface area contributed by atoms with Crippen LogP contribution in [0.15, 0.2) is 10.4 Å². The molecule has 0 radical (unpaired) electrons. The second-order valence-electron chi connectivity index (χ2n) is 6.27. The number of nitrogens with one attached hydrogen (secondary N) is 2. The number of nitrogens with zero attached hydrogens (tertiary/aromatic N) is 3. The molecule has 0 saturated heterocycles. The lowest BCUT2D eigenvalue weighted by molar-refractivity contribution is 0.778. The summed E-state index contributed by atoms with van der Waals surface area (Å²) in [6.07, 6.45) is 1.80. The minimum atomic E-state index is 0. The van der Waals surface area contributed by atoms with Crippen LogP contribution in [-0.2, 0) is 12.8 Å². The van der Waals surface area contributed by atoms with E-state index < -0.39 is 0 Å². The molecule has 0 aromatic carbocycles. The van der Waals surface area contributed by atoms with Gasteiger partial charge in [0.15, 0.2) is 5.96 Å². The first-order valence-electron chi connectivity index (χ1n) is 8.89. The van der Waals surface area contributed by atoms with Gasteiger partial charge in [-0.3, -0.25) is 4.99 Å². The number of aliphatic imine (C=N–C) groups is 1. The fourth-order valence-corrected chi connectivity index (χ4v) is 4.05. The topological polar surface area (TPSA) is 62.2 Å². The van der Waals surface area contributed by atoms with Crippen molar-refractivity contribution in [2.75, 3.05) is 19.6 Å². The maximum atomic E-state index is 4.68. The van der Waals surface area contributed by atoms with E-state index in [4.69, 9.17) is 0 Å². The highest BCUT2D eigenvalue weighted by Gasteiger charge is 2.06. The van der Waals surface area contributed by atoms with E-state index in [9.17, 15) is 0 Å². The first-order valence-corrected chi connectivity index (χ1v) is 10.6. The van der Waals surface area contributed by atoms with Crippen molar-refractivity contribution in [3.05, 3.63) is 31.7 Å². The Morgan fingerprint density at radius 1 is 1.19 bits per heavy atom. The number of halogens is 1. The Bertz CT molecular complexity index is 674. The second kappa shape index (κ2) is 11.9. The van der Waals surface area contributed by atoms with Crippen LogP contribution in [0.25, 0.3) is 0 Å². The molecule has 0 fully saturated rings. The van der Waals surface area contributed by atoms with Gasteiger partial charge in [-0.25, -0.2) is 9.97 Å². The third-order valence-corrected chi connectivity index (χ3v) is 6.08.